The summed E-state index contributed by atoms with van der Waals surface area (Å²) in [6, 6.07) is 0.500. The fourth-order valence-electron chi connectivity index (χ4n) is 1.46. The topological polar surface area (TPSA) is 12.5 Å². The molecule has 15 heavy (non-hydrogen) atoms. The highest BCUT2D eigenvalue weighted by atomic mass is 16.5. The predicted molar refractivity (Wildman–Crippen MR) is 66.7 cm³/mol. The van der Waals surface area contributed by atoms with Gasteiger partial charge in [0.15, 0.2) is 5.88 Å². The van der Waals surface area contributed by atoms with Crippen molar-refractivity contribution >= 4 is 0 Å². The van der Waals surface area contributed by atoms with Gasteiger partial charge in [-0.2, -0.15) is 0 Å². The molecule has 0 saturated carbocycles. The van der Waals surface area contributed by atoms with Crippen molar-refractivity contribution in [3.8, 4) is 0 Å². The molecule has 2 nitrogen and oxygen atoms in total. The summed E-state index contributed by atoms with van der Waals surface area (Å²) < 4.78 is 5.81. The van der Waals surface area contributed by atoms with Gasteiger partial charge in [-0.1, -0.05) is 13.8 Å². The van der Waals surface area contributed by atoms with Crippen LogP contribution in [0.15, 0.2) is 12.5 Å². The van der Waals surface area contributed by atoms with Crippen LogP contribution >= 0.6 is 0 Å². The molecule has 90 valence electrons. The molecule has 0 heterocycles. The van der Waals surface area contributed by atoms with E-state index in [1.807, 2.05) is 0 Å². The van der Waals surface area contributed by atoms with Crippen molar-refractivity contribution in [1.82, 2.24) is 4.90 Å². The third kappa shape index (κ3) is 5.71. The van der Waals surface area contributed by atoms with Crippen LogP contribution in [-0.2, 0) is 4.74 Å². The maximum Gasteiger partial charge on any atom is 0.182 e. The van der Waals surface area contributed by atoms with E-state index in [0.29, 0.717) is 6.04 Å². The van der Waals surface area contributed by atoms with Gasteiger partial charge in [0.2, 0.25) is 0 Å². The van der Waals surface area contributed by atoms with Crippen molar-refractivity contribution in [2.45, 2.75) is 66.0 Å². The average molecular weight is 213 g/mol. The largest absolute Gasteiger partial charge is 0.474 e. The van der Waals surface area contributed by atoms with Crippen LogP contribution in [0.2, 0.25) is 0 Å². The molecule has 0 saturated heterocycles. The van der Waals surface area contributed by atoms with E-state index in [-0.39, 0.29) is 5.60 Å². The minimum atomic E-state index is -0.156. The summed E-state index contributed by atoms with van der Waals surface area (Å²) in [6.45, 7) is 17.8. The maximum atomic E-state index is 5.81. The zero-order valence-corrected chi connectivity index (χ0v) is 11.3. The van der Waals surface area contributed by atoms with Crippen LogP contribution in [0.5, 0.6) is 0 Å². The van der Waals surface area contributed by atoms with Crippen molar-refractivity contribution < 1.29 is 4.74 Å². The zero-order chi connectivity index (χ0) is 12.1. The van der Waals surface area contributed by atoms with Crippen LogP contribution in [0.4, 0.5) is 0 Å². The van der Waals surface area contributed by atoms with Gasteiger partial charge in [-0.25, -0.2) is 0 Å². The second-order valence-electron chi connectivity index (χ2n) is 5.06. The highest BCUT2D eigenvalue weighted by Gasteiger charge is 2.19. The Morgan fingerprint density at radius 2 is 1.87 bits per heavy atom. The van der Waals surface area contributed by atoms with Gasteiger partial charge in [0.05, 0.1) is 0 Å². The van der Waals surface area contributed by atoms with Crippen molar-refractivity contribution in [2.24, 2.45) is 0 Å². The second kappa shape index (κ2) is 6.04. The lowest BCUT2D eigenvalue weighted by Crippen LogP contribution is -2.36. The van der Waals surface area contributed by atoms with Gasteiger partial charge in [0, 0.05) is 12.6 Å². The smallest absolute Gasteiger partial charge is 0.182 e. The standard InChI is InChI=1S/C13H27NO/c1-8-10-14(11(3)9-2)12(4)15-13(5,6)7/h11H,4,8-10H2,1-3,5-7H3/t11-/m1/s1. The first-order chi connectivity index (χ1) is 6.81. The molecule has 2 heteroatoms. The van der Waals surface area contributed by atoms with Crippen LogP contribution in [0.1, 0.15) is 54.4 Å². The highest BCUT2D eigenvalue weighted by molar-refractivity contribution is 4.89. The molecule has 0 aromatic carbocycles. The van der Waals surface area contributed by atoms with Gasteiger partial charge in [-0.05, 0) is 47.1 Å². The summed E-state index contributed by atoms with van der Waals surface area (Å²) in [6.07, 6.45) is 2.24. The third-order valence-electron chi connectivity index (χ3n) is 2.33. The Morgan fingerprint density at radius 3 is 2.20 bits per heavy atom. The first-order valence-electron chi connectivity index (χ1n) is 5.96. The molecule has 0 unspecified atom stereocenters. The summed E-state index contributed by atoms with van der Waals surface area (Å²) in [5, 5.41) is 0. The van der Waals surface area contributed by atoms with E-state index in [2.05, 4.69) is 53.0 Å². The van der Waals surface area contributed by atoms with Crippen LogP contribution in [0, 0.1) is 0 Å². The SMILES string of the molecule is C=C(OC(C)(C)C)N(CCC)[C@H](C)CC. The highest BCUT2D eigenvalue weighted by Crippen LogP contribution is 2.19. The molecule has 0 aliphatic carbocycles. The van der Waals surface area contributed by atoms with E-state index < -0.39 is 0 Å². The van der Waals surface area contributed by atoms with E-state index >= 15 is 0 Å². The summed E-state index contributed by atoms with van der Waals surface area (Å²) in [7, 11) is 0. The number of hydrogen-bond acceptors (Lipinski definition) is 2. The van der Waals surface area contributed by atoms with Gasteiger partial charge in [0.25, 0.3) is 0 Å². The molecule has 0 radical (unpaired) electrons. The lowest BCUT2D eigenvalue weighted by Gasteiger charge is -2.35. The third-order valence-corrected chi connectivity index (χ3v) is 2.33. The van der Waals surface area contributed by atoms with E-state index in [9.17, 15) is 0 Å². The molecule has 0 N–H and O–H groups in total. The van der Waals surface area contributed by atoms with Crippen molar-refractivity contribution in [2.75, 3.05) is 6.54 Å². The molecule has 0 amide bonds. The molecule has 0 spiro atoms. The summed E-state index contributed by atoms with van der Waals surface area (Å²) in [5.41, 5.74) is -0.156. The molecule has 0 bridgehead atoms. The first kappa shape index (κ1) is 14.3. The van der Waals surface area contributed by atoms with Crippen LogP contribution in [-0.4, -0.2) is 23.1 Å². The molecule has 0 aliphatic heterocycles. The van der Waals surface area contributed by atoms with E-state index in [4.69, 9.17) is 4.74 Å². The van der Waals surface area contributed by atoms with E-state index in [1.54, 1.807) is 0 Å². The predicted octanol–water partition coefficient (Wildman–Crippen LogP) is 3.78. The normalized spacial score (nSPS) is 13.5. The molecule has 0 aromatic rings. The van der Waals surface area contributed by atoms with Crippen LogP contribution < -0.4 is 0 Å². The van der Waals surface area contributed by atoms with E-state index in [0.717, 1.165) is 25.3 Å². The van der Waals surface area contributed by atoms with Gasteiger partial charge in [-0.15, -0.1) is 0 Å². The summed E-state index contributed by atoms with van der Waals surface area (Å²) in [5.74, 6) is 0.804. The molecular weight excluding hydrogens is 186 g/mol. The lowest BCUT2D eigenvalue weighted by molar-refractivity contribution is -0.00742. The minimum absolute atomic E-state index is 0.156. The summed E-state index contributed by atoms with van der Waals surface area (Å²) in [4.78, 5) is 2.26. The number of ether oxygens (including phenoxy) is 1. The molecule has 0 rings (SSSR count). The van der Waals surface area contributed by atoms with Crippen molar-refractivity contribution in [3.05, 3.63) is 12.5 Å². The Labute approximate surface area is 95.3 Å². The monoisotopic (exact) mass is 213 g/mol. The van der Waals surface area contributed by atoms with Gasteiger partial charge >= 0.3 is 0 Å². The van der Waals surface area contributed by atoms with Gasteiger partial charge in [-0.3, -0.25) is 0 Å². The molecule has 1 atom stereocenters. The first-order valence-corrected chi connectivity index (χ1v) is 5.96. The van der Waals surface area contributed by atoms with Gasteiger partial charge in [0.1, 0.15) is 5.60 Å². The number of rotatable bonds is 6. The number of hydrogen-bond donors (Lipinski definition) is 0. The Morgan fingerprint density at radius 1 is 1.33 bits per heavy atom. The van der Waals surface area contributed by atoms with Crippen LogP contribution in [0.25, 0.3) is 0 Å². The zero-order valence-electron chi connectivity index (χ0n) is 11.3. The van der Waals surface area contributed by atoms with Crippen molar-refractivity contribution in [3.63, 3.8) is 0 Å². The van der Waals surface area contributed by atoms with Crippen molar-refractivity contribution in [1.29, 1.82) is 0 Å². The maximum absolute atomic E-state index is 5.81. The van der Waals surface area contributed by atoms with Crippen LogP contribution in [0.3, 0.4) is 0 Å². The summed E-state index contributed by atoms with van der Waals surface area (Å²) >= 11 is 0. The Bertz CT molecular complexity index is 193. The minimum Gasteiger partial charge on any atom is -0.474 e. The van der Waals surface area contributed by atoms with E-state index in [1.165, 1.54) is 0 Å². The Kier molecular flexibility index (Phi) is 5.77. The van der Waals surface area contributed by atoms with Gasteiger partial charge < -0.3 is 9.64 Å². The molecule has 0 aliphatic rings. The quantitative estimate of drug-likeness (QED) is 0.623. The number of nitrogens with zero attached hydrogens (tertiary/aromatic N) is 1. The Hall–Kier alpha value is -0.660. The fraction of sp³-hybridized carbons (Fsp3) is 0.846. The fourth-order valence-corrected chi connectivity index (χ4v) is 1.46. The lowest BCUT2D eigenvalue weighted by atomic mass is 10.2. The second-order valence-corrected chi connectivity index (χ2v) is 5.06. The molecular formula is C13H27NO. The average Bonchev–Trinajstić information content (AvgIpc) is 2.10. The Balaban J connectivity index is 4.42. The molecule has 0 fully saturated rings. The molecule has 0 aromatic heterocycles.